The summed E-state index contributed by atoms with van der Waals surface area (Å²) in [5.41, 5.74) is 0. The normalized spacial score (nSPS) is 11.4. The monoisotopic (exact) mass is 352 g/mol. The van der Waals surface area contributed by atoms with E-state index in [2.05, 4.69) is 13.0 Å². The van der Waals surface area contributed by atoms with E-state index in [1.807, 2.05) is 6.08 Å². The standard InChI is InChI=1S/C23H44O2/c1-2-3-4-5-6-7-8-9-10-11-12-13-14-15-16-17-18-19-20-21-22-23(24)25/h19-20H,2-18,21-22H2,1H3,(H,24,25). The molecule has 0 aromatic rings. The van der Waals surface area contributed by atoms with Crippen LogP contribution < -0.4 is 0 Å². The molecule has 0 aliphatic rings. The molecule has 0 aromatic heterocycles. The molecule has 0 aliphatic carbocycles. The van der Waals surface area contributed by atoms with Gasteiger partial charge in [0.1, 0.15) is 0 Å². The molecule has 0 aliphatic heterocycles. The number of hydrogen-bond donors (Lipinski definition) is 1. The molecule has 0 unspecified atom stereocenters. The first-order chi connectivity index (χ1) is 12.3. The number of allylic oxidation sites excluding steroid dienone is 2. The van der Waals surface area contributed by atoms with Crippen molar-refractivity contribution in [2.75, 3.05) is 0 Å². The number of carbonyl (C=O) groups is 1. The summed E-state index contributed by atoms with van der Waals surface area (Å²) in [5, 5.41) is 8.53. The van der Waals surface area contributed by atoms with Crippen molar-refractivity contribution in [3.63, 3.8) is 0 Å². The smallest absolute Gasteiger partial charge is 0.303 e. The summed E-state index contributed by atoms with van der Waals surface area (Å²) in [5.74, 6) is -0.702. The lowest BCUT2D eigenvalue weighted by Gasteiger charge is -2.03. The van der Waals surface area contributed by atoms with Crippen molar-refractivity contribution in [2.24, 2.45) is 0 Å². The predicted octanol–water partition coefficient (Wildman–Crippen LogP) is 8.06. The molecule has 0 heterocycles. The van der Waals surface area contributed by atoms with Crippen LogP contribution in [0, 0.1) is 0 Å². The van der Waals surface area contributed by atoms with Crippen LogP contribution in [0.2, 0.25) is 0 Å². The van der Waals surface area contributed by atoms with Crippen LogP contribution in [0.3, 0.4) is 0 Å². The van der Waals surface area contributed by atoms with Gasteiger partial charge in [-0.3, -0.25) is 4.79 Å². The third-order valence-corrected chi connectivity index (χ3v) is 4.92. The number of unbranched alkanes of at least 4 members (excludes halogenated alkanes) is 16. The highest BCUT2D eigenvalue weighted by atomic mass is 16.4. The number of rotatable bonds is 20. The van der Waals surface area contributed by atoms with E-state index in [0.717, 1.165) is 6.42 Å². The SMILES string of the molecule is CCCCCCCCCCCCCCCCCCC=CCCC(=O)O. The van der Waals surface area contributed by atoms with Gasteiger partial charge in [0.25, 0.3) is 0 Å². The summed E-state index contributed by atoms with van der Waals surface area (Å²) in [7, 11) is 0. The quantitative estimate of drug-likeness (QED) is 0.178. The Morgan fingerprint density at radius 1 is 0.600 bits per heavy atom. The Balaban J connectivity index is 3.04. The highest BCUT2D eigenvalue weighted by Gasteiger charge is 1.95. The Bertz CT molecular complexity index is 296. The van der Waals surface area contributed by atoms with Crippen molar-refractivity contribution in [1.82, 2.24) is 0 Å². The largest absolute Gasteiger partial charge is 0.481 e. The van der Waals surface area contributed by atoms with Gasteiger partial charge in [-0.05, 0) is 19.3 Å². The Hall–Kier alpha value is -0.790. The zero-order valence-electron chi connectivity index (χ0n) is 16.9. The molecule has 2 nitrogen and oxygen atoms in total. The van der Waals surface area contributed by atoms with Crippen molar-refractivity contribution in [1.29, 1.82) is 0 Å². The lowest BCUT2D eigenvalue weighted by molar-refractivity contribution is -0.136. The Morgan fingerprint density at radius 2 is 0.960 bits per heavy atom. The highest BCUT2D eigenvalue weighted by molar-refractivity contribution is 5.66. The molecule has 0 rings (SSSR count). The van der Waals surface area contributed by atoms with Gasteiger partial charge in [-0.15, -0.1) is 0 Å². The van der Waals surface area contributed by atoms with E-state index >= 15 is 0 Å². The molecule has 0 atom stereocenters. The van der Waals surface area contributed by atoms with Crippen LogP contribution in [0.1, 0.15) is 129 Å². The average molecular weight is 353 g/mol. The molecule has 0 aromatic carbocycles. The van der Waals surface area contributed by atoms with Gasteiger partial charge in [0, 0.05) is 6.42 Å². The maximum absolute atomic E-state index is 10.4. The molecule has 2 heteroatoms. The van der Waals surface area contributed by atoms with Gasteiger partial charge < -0.3 is 5.11 Å². The summed E-state index contributed by atoms with van der Waals surface area (Å²) >= 11 is 0. The van der Waals surface area contributed by atoms with E-state index in [4.69, 9.17) is 5.11 Å². The Labute approximate surface area is 157 Å². The fourth-order valence-corrected chi connectivity index (χ4v) is 3.25. The van der Waals surface area contributed by atoms with Gasteiger partial charge in [-0.1, -0.05) is 115 Å². The van der Waals surface area contributed by atoms with Crippen LogP contribution in [0.25, 0.3) is 0 Å². The van der Waals surface area contributed by atoms with Crippen molar-refractivity contribution in [3.05, 3.63) is 12.2 Å². The van der Waals surface area contributed by atoms with E-state index in [9.17, 15) is 4.79 Å². The molecule has 0 amide bonds. The molecular weight excluding hydrogens is 308 g/mol. The lowest BCUT2D eigenvalue weighted by atomic mass is 10.0. The molecule has 0 spiro atoms. The second kappa shape index (κ2) is 21.3. The maximum atomic E-state index is 10.4. The molecule has 148 valence electrons. The van der Waals surface area contributed by atoms with Gasteiger partial charge >= 0.3 is 5.97 Å². The van der Waals surface area contributed by atoms with Crippen LogP contribution in [-0.2, 0) is 4.79 Å². The summed E-state index contributed by atoms with van der Waals surface area (Å²) in [6.45, 7) is 2.28. The second-order valence-corrected chi connectivity index (χ2v) is 7.50. The zero-order valence-corrected chi connectivity index (χ0v) is 16.9. The number of carboxylic acid groups (broad SMARTS) is 1. The molecular formula is C23H44O2. The van der Waals surface area contributed by atoms with E-state index < -0.39 is 5.97 Å². The molecule has 0 saturated heterocycles. The minimum Gasteiger partial charge on any atom is -0.481 e. The van der Waals surface area contributed by atoms with Gasteiger partial charge in [-0.25, -0.2) is 0 Å². The van der Waals surface area contributed by atoms with E-state index in [1.165, 1.54) is 103 Å². The highest BCUT2D eigenvalue weighted by Crippen LogP contribution is 2.14. The fourth-order valence-electron chi connectivity index (χ4n) is 3.25. The maximum Gasteiger partial charge on any atom is 0.303 e. The third-order valence-electron chi connectivity index (χ3n) is 4.92. The summed E-state index contributed by atoms with van der Waals surface area (Å²) in [6.07, 6.45) is 28.7. The lowest BCUT2D eigenvalue weighted by Crippen LogP contribution is -1.91. The molecule has 0 fully saturated rings. The summed E-state index contributed by atoms with van der Waals surface area (Å²) in [4.78, 5) is 10.4. The Kier molecular flexibility index (Phi) is 20.6. The summed E-state index contributed by atoms with van der Waals surface area (Å²) in [6, 6.07) is 0. The molecule has 0 radical (unpaired) electrons. The number of aliphatic carboxylic acids is 1. The first-order valence-electron chi connectivity index (χ1n) is 11.1. The van der Waals surface area contributed by atoms with Crippen LogP contribution in [0.4, 0.5) is 0 Å². The van der Waals surface area contributed by atoms with Gasteiger partial charge in [0.15, 0.2) is 0 Å². The first-order valence-corrected chi connectivity index (χ1v) is 11.1. The topological polar surface area (TPSA) is 37.3 Å². The van der Waals surface area contributed by atoms with Crippen molar-refractivity contribution < 1.29 is 9.90 Å². The van der Waals surface area contributed by atoms with Crippen molar-refractivity contribution in [3.8, 4) is 0 Å². The van der Waals surface area contributed by atoms with Crippen LogP contribution in [0.5, 0.6) is 0 Å². The molecule has 1 N–H and O–H groups in total. The Morgan fingerprint density at radius 3 is 1.36 bits per heavy atom. The van der Waals surface area contributed by atoms with Gasteiger partial charge in [0.05, 0.1) is 0 Å². The molecule has 25 heavy (non-hydrogen) atoms. The molecule has 0 bridgehead atoms. The van der Waals surface area contributed by atoms with Crippen LogP contribution >= 0.6 is 0 Å². The van der Waals surface area contributed by atoms with E-state index in [-0.39, 0.29) is 6.42 Å². The first kappa shape index (κ1) is 24.2. The zero-order chi connectivity index (χ0) is 18.4. The van der Waals surface area contributed by atoms with Crippen LogP contribution in [0.15, 0.2) is 12.2 Å². The van der Waals surface area contributed by atoms with Crippen LogP contribution in [-0.4, -0.2) is 11.1 Å². The predicted molar refractivity (Wildman–Crippen MR) is 110 cm³/mol. The number of hydrogen-bond acceptors (Lipinski definition) is 1. The fraction of sp³-hybridized carbons (Fsp3) is 0.870. The van der Waals surface area contributed by atoms with E-state index in [0.29, 0.717) is 6.42 Å². The van der Waals surface area contributed by atoms with E-state index in [1.54, 1.807) is 0 Å². The summed E-state index contributed by atoms with van der Waals surface area (Å²) < 4.78 is 0. The third kappa shape index (κ3) is 23.2. The van der Waals surface area contributed by atoms with Gasteiger partial charge in [-0.2, -0.15) is 0 Å². The number of carboxylic acids is 1. The molecule has 0 saturated carbocycles. The van der Waals surface area contributed by atoms with Crippen molar-refractivity contribution in [2.45, 2.75) is 129 Å². The minimum absolute atomic E-state index is 0.259. The average Bonchev–Trinajstić information content (AvgIpc) is 2.60. The van der Waals surface area contributed by atoms with Gasteiger partial charge in [0.2, 0.25) is 0 Å². The minimum atomic E-state index is -0.702. The van der Waals surface area contributed by atoms with Crippen molar-refractivity contribution >= 4 is 5.97 Å². The second-order valence-electron chi connectivity index (χ2n) is 7.50.